The highest BCUT2D eigenvalue weighted by molar-refractivity contribution is 5.91. The van der Waals surface area contributed by atoms with Gasteiger partial charge in [-0.05, 0) is 35.8 Å². The summed E-state index contributed by atoms with van der Waals surface area (Å²) in [5.74, 6) is 0.932. The molecule has 1 heterocycles. The molecular weight excluding hydrogens is 214 g/mol. The second-order valence-corrected chi connectivity index (χ2v) is 4.09. The maximum Gasteiger partial charge on any atom is 0.243 e. The fraction of sp³-hybridized carbons (Fsp3) is 0.357. The van der Waals surface area contributed by atoms with Crippen LogP contribution in [0, 0.1) is 0 Å². The summed E-state index contributed by atoms with van der Waals surface area (Å²) in [5, 5.41) is 2.80. The third kappa shape index (κ3) is 3.09. The number of amides is 1. The van der Waals surface area contributed by atoms with Gasteiger partial charge in [-0.15, -0.1) is 0 Å². The summed E-state index contributed by atoms with van der Waals surface area (Å²) >= 11 is 0. The molecule has 0 unspecified atom stereocenters. The van der Waals surface area contributed by atoms with E-state index in [1.807, 2.05) is 25.1 Å². The number of benzene rings is 1. The zero-order valence-electron chi connectivity index (χ0n) is 10.0. The molecule has 0 fully saturated rings. The summed E-state index contributed by atoms with van der Waals surface area (Å²) in [6, 6.07) is 6.01. The number of ether oxygens (including phenoxy) is 1. The van der Waals surface area contributed by atoms with Crippen LogP contribution in [0.3, 0.4) is 0 Å². The molecule has 3 nitrogen and oxygen atoms in total. The number of carbonyl (C=O) groups is 1. The van der Waals surface area contributed by atoms with Crippen LogP contribution in [-0.4, -0.2) is 19.1 Å². The van der Waals surface area contributed by atoms with Crippen molar-refractivity contribution in [2.75, 3.05) is 13.2 Å². The van der Waals surface area contributed by atoms with Crippen LogP contribution < -0.4 is 10.1 Å². The fourth-order valence-electron chi connectivity index (χ4n) is 1.79. The Morgan fingerprint density at radius 1 is 1.53 bits per heavy atom. The first-order valence-corrected chi connectivity index (χ1v) is 6.01. The number of rotatable bonds is 4. The van der Waals surface area contributed by atoms with Gasteiger partial charge < -0.3 is 10.1 Å². The third-order valence-electron chi connectivity index (χ3n) is 2.69. The molecule has 0 aromatic heterocycles. The van der Waals surface area contributed by atoms with Gasteiger partial charge in [-0.2, -0.15) is 0 Å². The van der Waals surface area contributed by atoms with Crippen molar-refractivity contribution in [3.05, 3.63) is 35.4 Å². The second-order valence-electron chi connectivity index (χ2n) is 4.09. The summed E-state index contributed by atoms with van der Waals surface area (Å²) in [6.07, 6.45) is 5.32. The summed E-state index contributed by atoms with van der Waals surface area (Å²) in [7, 11) is 0. The summed E-state index contributed by atoms with van der Waals surface area (Å²) in [4.78, 5) is 11.4. The predicted molar refractivity (Wildman–Crippen MR) is 68.0 cm³/mol. The zero-order valence-corrected chi connectivity index (χ0v) is 10.0. The minimum absolute atomic E-state index is 0.0383. The van der Waals surface area contributed by atoms with Gasteiger partial charge in [0, 0.05) is 19.0 Å². The molecule has 3 heteroatoms. The number of hydrogen-bond acceptors (Lipinski definition) is 2. The highest BCUT2D eigenvalue weighted by atomic mass is 16.5. The molecular formula is C14H17NO2. The van der Waals surface area contributed by atoms with Crippen molar-refractivity contribution in [1.82, 2.24) is 5.32 Å². The summed E-state index contributed by atoms with van der Waals surface area (Å²) in [5.41, 5.74) is 2.27. The van der Waals surface area contributed by atoms with Gasteiger partial charge >= 0.3 is 0 Å². The van der Waals surface area contributed by atoms with Crippen LogP contribution in [0.5, 0.6) is 5.75 Å². The van der Waals surface area contributed by atoms with Crippen molar-refractivity contribution in [3.63, 3.8) is 0 Å². The van der Waals surface area contributed by atoms with E-state index in [-0.39, 0.29) is 5.91 Å². The van der Waals surface area contributed by atoms with E-state index in [0.29, 0.717) is 0 Å². The maximum absolute atomic E-state index is 11.4. The van der Waals surface area contributed by atoms with E-state index in [0.717, 1.165) is 37.3 Å². The number of nitrogens with one attached hydrogen (secondary N) is 1. The molecule has 1 amide bonds. The number of carbonyl (C=O) groups excluding carboxylic acids is 1. The van der Waals surface area contributed by atoms with E-state index in [2.05, 4.69) is 11.4 Å². The molecule has 1 aliphatic heterocycles. The maximum atomic E-state index is 11.4. The minimum atomic E-state index is -0.0383. The monoisotopic (exact) mass is 231 g/mol. The Balaban J connectivity index is 1.99. The van der Waals surface area contributed by atoms with Gasteiger partial charge in [-0.1, -0.05) is 13.0 Å². The van der Waals surface area contributed by atoms with Crippen molar-refractivity contribution < 1.29 is 9.53 Å². The van der Waals surface area contributed by atoms with Crippen LogP contribution in [0.2, 0.25) is 0 Å². The van der Waals surface area contributed by atoms with Crippen LogP contribution >= 0.6 is 0 Å². The van der Waals surface area contributed by atoms with E-state index in [1.165, 1.54) is 5.56 Å². The van der Waals surface area contributed by atoms with E-state index >= 15 is 0 Å². The van der Waals surface area contributed by atoms with E-state index in [1.54, 1.807) is 6.08 Å². The normalized spacial score (nSPS) is 13.5. The standard InChI is InChI=1S/C14H17NO2/c1-2-8-15-14(16)6-4-11-3-5-13-12(10-11)7-9-17-13/h3-6,10H,2,7-9H2,1H3,(H,15,16)/b6-4+. The molecule has 0 aliphatic carbocycles. The highest BCUT2D eigenvalue weighted by Gasteiger charge is 2.10. The minimum Gasteiger partial charge on any atom is -0.493 e. The van der Waals surface area contributed by atoms with Crippen molar-refractivity contribution >= 4 is 12.0 Å². The summed E-state index contributed by atoms with van der Waals surface area (Å²) < 4.78 is 5.43. The Hall–Kier alpha value is -1.77. The molecule has 1 aliphatic rings. The van der Waals surface area contributed by atoms with Crippen LogP contribution in [0.25, 0.3) is 6.08 Å². The predicted octanol–water partition coefficient (Wildman–Crippen LogP) is 2.16. The van der Waals surface area contributed by atoms with Crippen LogP contribution in [0.1, 0.15) is 24.5 Å². The van der Waals surface area contributed by atoms with E-state index in [9.17, 15) is 4.79 Å². The molecule has 0 atom stereocenters. The Kier molecular flexibility index (Phi) is 3.81. The Bertz CT molecular complexity index is 438. The highest BCUT2D eigenvalue weighted by Crippen LogP contribution is 2.26. The first-order valence-electron chi connectivity index (χ1n) is 6.01. The second kappa shape index (κ2) is 5.53. The van der Waals surface area contributed by atoms with Gasteiger partial charge in [-0.25, -0.2) is 0 Å². The quantitative estimate of drug-likeness (QED) is 0.806. The smallest absolute Gasteiger partial charge is 0.243 e. The van der Waals surface area contributed by atoms with E-state index in [4.69, 9.17) is 4.74 Å². The average molecular weight is 231 g/mol. The molecule has 2 rings (SSSR count). The molecule has 0 radical (unpaired) electrons. The zero-order chi connectivity index (χ0) is 12.1. The average Bonchev–Trinajstić information content (AvgIpc) is 2.81. The van der Waals surface area contributed by atoms with Crippen molar-refractivity contribution in [3.8, 4) is 5.75 Å². The van der Waals surface area contributed by atoms with Crippen LogP contribution in [-0.2, 0) is 11.2 Å². The molecule has 1 N–H and O–H groups in total. The molecule has 1 aromatic carbocycles. The molecule has 0 bridgehead atoms. The molecule has 90 valence electrons. The first kappa shape index (κ1) is 11.7. The molecule has 17 heavy (non-hydrogen) atoms. The van der Waals surface area contributed by atoms with Crippen molar-refractivity contribution in [1.29, 1.82) is 0 Å². The Morgan fingerprint density at radius 2 is 2.41 bits per heavy atom. The molecule has 0 spiro atoms. The SMILES string of the molecule is CCCNC(=O)/C=C/c1ccc2c(c1)CCO2. The lowest BCUT2D eigenvalue weighted by molar-refractivity contribution is -0.116. The Morgan fingerprint density at radius 3 is 3.24 bits per heavy atom. The van der Waals surface area contributed by atoms with Crippen molar-refractivity contribution in [2.24, 2.45) is 0 Å². The first-order chi connectivity index (χ1) is 8.29. The molecule has 0 saturated heterocycles. The van der Waals surface area contributed by atoms with Gasteiger partial charge in [0.2, 0.25) is 5.91 Å². The van der Waals surface area contributed by atoms with Gasteiger partial charge in [-0.3, -0.25) is 4.79 Å². The number of fused-ring (bicyclic) bond motifs is 1. The fourth-order valence-corrected chi connectivity index (χ4v) is 1.79. The molecule has 1 aromatic rings. The lowest BCUT2D eigenvalue weighted by Crippen LogP contribution is -2.21. The van der Waals surface area contributed by atoms with Crippen LogP contribution in [0.15, 0.2) is 24.3 Å². The lowest BCUT2D eigenvalue weighted by atomic mass is 10.1. The van der Waals surface area contributed by atoms with Crippen molar-refractivity contribution in [2.45, 2.75) is 19.8 Å². The molecule has 0 saturated carbocycles. The topological polar surface area (TPSA) is 38.3 Å². The summed E-state index contributed by atoms with van der Waals surface area (Å²) in [6.45, 7) is 3.52. The van der Waals surface area contributed by atoms with Gasteiger partial charge in [0.15, 0.2) is 0 Å². The van der Waals surface area contributed by atoms with Gasteiger partial charge in [0.05, 0.1) is 6.61 Å². The Labute approximate surface area is 101 Å². The third-order valence-corrected chi connectivity index (χ3v) is 2.69. The lowest BCUT2D eigenvalue weighted by Gasteiger charge is -2.00. The largest absolute Gasteiger partial charge is 0.493 e. The van der Waals surface area contributed by atoms with Gasteiger partial charge in [0.1, 0.15) is 5.75 Å². The number of hydrogen-bond donors (Lipinski definition) is 1. The van der Waals surface area contributed by atoms with Gasteiger partial charge in [0.25, 0.3) is 0 Å². The van der Waals surface area contributed by atoms with E-state index < -0.39 is 0 Å². The van der Waals surface area contributed by atoms with Crippen LogP contribution in [0.4, 0.5) is 0 Å².